The molecule has 0 saturated heterocycles. The lowest BCUT2D eigenvalue weighted by Gasteiger charge is -2.12. The van der Waals surface area contributed by atoms with Gasteiger partial charge in [0.2, 0.25) is 0 Å². The molecule has 1 aromatic carbocycles. The van der Waals surface area contributed by atoms with Crippen molar-refractivity contribution >= 4 is 11.0 Å². The Hall–Kier alpha value is -2.56. The van der Waals surface area contributed by atoms with Crippen LogP contribution in [0.25, 0.3) is 16.7 Å². The molecule has 0 aliphatic carbocycles. The van der Waals surface area contributed by atoms with Crippen LogP contribution >= 0.6 is 0 Å². The van der Waals surface area contributed by atoms with Gasteiger partial charge >= 0.3 is 5.63 Å². The van der Waals surface area contributed by atoms with E-state index in [4.69, 9.17) is 9.15 Å². The molecule has 2 aromatic heterocycles. The quantitative estimate of drug-likeness (QED) is 0.679. The van der Waals surface area contributed by atoms with E-state index in [1.54, 1.807) is 13.2 Å². The van der Waals surface area contributed by atoms with E-state index in [1.807, 2.05) is 37.6 Å². The molecule has 0 aliphatic heterocycles. The first kappa shape index (κ1) is 13.4. The van der Waals surface area contributed by atoms with Crippen LogP contribution in [0.3, 0.4) is 0 Å². The summed E-state index contributed by atoms with van der Waals surface area (Å²) in [5, 5.41) is 5.36. The smallest absolute Gasteiger partial charge is 0.336 e. The van der Waals surface area contributed by atoms with Gasteiger partial charge in [-0.25, -0.2) is 9.48 Å². The molecular weight excluding hydrogens is 268 g/mol. The molecule has 0 unspecified atom stereocenters. The lowest BCUT2D eigenvalue weighted by molar-refractivity contribution is 0.410. The molecule has 0 aliphatic rings. The highest BCUT2D eigenvalue weighted by Crippen LogP contribution is 2.30. The van der Waals surface area contributed by atoms with Crippen LogP contribution in [0.2, 0.25) is 0 Å². The fourth-order valence-corrected chi connectivity index (χ4v) is 2.54. The number of methoxy groups -OCH3 is 1. The standard InChI is InChI=1S/C16H16N2O3/c1-9-5-16(19)21-14-8-15(20-4)13(7-12(9)14)18-11(3)6-10(2)17-18/h5-8H,1-4H3. The lowest BCUT2D eigenvalue weighted by atomic mass is 10.1. The largest absolute Gasteiger partial charge is 0.494 e. The molecule has 0 bridgehead atoms. The van der Waals surface area contributed by atoms with E-state index in [-0.39, 0.29) is 5.63 Å². The van der Waals surface area contributed by atoms with E-state index in [2.05, 4.69) is 5.10 Å². The molecule has 0 amide bonds. The topological polar surface area (TPSA) is 57.3 Å². The van der Waals surface area contributed by atoms with E-state index in [0.29, 0.717) is 11.3 Å². The third-order valence-corrected chi connectivity index (χ3v) is 3.49. The Morgan fingerprint density at radius 3 is 2.52 bits per heavy atom. The summed E-state index contributed by atoms with van der Waals surface area (Å²) in [5.41, 5.74) is 3.80. The summed E-state index contributed by atoms with van der Waals surface area (Å²) in [5.74, 6) is 0.613. The van der Waals surface area contributed by atoms with Crippen LogP contribution < -0.4 is 10.4 Å². The Kier molecular flexibility index (Phi) is 3.05. The first-order chi connectivity index (χ1) is 9.99. The highest BCUT2D eigenvalue weighted by molar-refractivity contribution is 5.84. The third kappa shape index (κ3) is 2.20. The highest BCUT2D eigenvalue weighted by atomic mass is 16.5. The van der Waals surface area contributed by atoms with Gasteiger partial charge in [-0.05, 0) is 38.5 Å². The third-order valence-electron chi connectivity index (χ3n) is 3.49. The molecular formula is C16H16N2O3. The maximum absolute atomic E-state index is 11.5. The van der Waals surface area contributed by atoms with E-state index in [9.17, 15) is 4.79 Å². The van der Waals surface area contributed by atoms with Gasteiger partial charge in [-0.3, -0.25) is 0 Å². The molecule has 3 aromatic rings. The Morgan fingerprint density at radius 1 is 1.14 bits per heavy atom. The Labute approximate surface area is 121 Å². The number of aromatic nitrogens is 2. The van der Waals surface area contributed by atoms with Crippen molar-refractivity contribution in [2.75, 3.05) is 7.11 Å². The molecule has 0 N–H and O–H groups in total. The van der Waals surface area contributed by atoms with Crippen LogP contribution in [-0.2, 0) is 0 Å². The van der Waals surface area contributed by atoms with E-state index in [1.165, 1.54) is 6.07 Å². The van der Waals surface area contributed by atoms with Crippen molar-refractivity contribution in [1.29, 1.82) is 0 Å². The van der Waals surface area contributed by atoms with Gasteiger partial charge in [0.25, 0.3) is 0 Å². The predicted molar refractivity (Wildman–Crippen MR) is 80.4 cm³/mol. The molecule has 2 heterocycles. The van der Waals surface area contributed by atoms with Crippen molar-refractivity contribution in [3.8, 4) is 11.4 Å². The van der Waals surface area contributed by atoms with Crippen LogP contribution in [0.4, 0.5) is 0 Å². The average Bonchev–Trinajstić information content (AvgIpc) is 2.76. The summed E-state index contributed by atoms with van der Waals surface area (Å²) in [6.45, 7) is 5.82. The monoisotopic (exact) mass is 284 g/mol. The molecule has 21 heavy (non-hydrogen) atoms. The van der Waals surface area contributed by atoms with Crippen LogP contribution in [-0.4, -0.2) is 16.9 Å². The molecule has 5 heteroatoms. The number of benzene rings is 1. The first-order valence-corrected chi connectivity index (χ1v) is 6.65. The Bertz CT molecular complexity index is 890. The van der Waals surface area contributed by atoms with Crippen LogP contribution in [0.5, 0.6) is 5.75 Å². The second-order valence-corrected chi connectivity index (χ2v) is 5.11. The molecule has 0 fully saturated rings. The number of hydrogen-bond acceptors (Lipinski definition) is 4. The van der Waals surface area contributed by atoms with E-state index < -0.39 is 0 Å². The van der Waals surface area contributed by atoms with Gasteiger partial charge in [0, 0.05) is 23.2 Å². The first-order valence-electron chi connectivity index (χ1n) is 6.65. The lowest BCUT2D eigenvalue weighted by Crippen LogP contribution is -2.04. The minimum Gasteiger partial charge on any atom is -0.494 e. The van der Waals surface area contributed by atoms with Crippen molar-refractivity contribution in [2.45, 2.75) is 20.8 Å². The number of aryl methyl sites for hydroxylation is 3. The molecule has 0 saturated carbocycles. The second-order valence-electron chi connectivity index (χ2n) is 5.11. The zero-order valence-electron chi connectivity index (χ0n) is 12.4. The van der Waals surface area contributed by atoms with Gasteiger partial charge in [0.05, 0.1) is 12.8 Å². The number of fused-ring (bicyclic) bond motifs is 1. The Morgan fingerprint density at radius 2 is 1.90 bits per heavy atom. The van der Waals surface area contributed by atoms with Crippen molar-refractivity contribution in [2.24, 2.45) is 0 Å². The van der Waals surface area contributed by atoms with Crippen LogP contribution in [0.15, 0.2) is 33.5 Å². The molecule has 3 rings (SSSR count). The van der Waals surface area contributed by atoms with Crippen LogP contribution in [0.1, 0.15) is 17.0 Å². The SMILES string of the molecule is COc1cc2oc(=O)cc(C)c2cc1-n1nc(C)cc1C. The highest BCUT2D eigenvalue weighted by Gasteiger charge is 2.14. The van der Waals surface area contributed by atoms with Crippen molar-refractivity contribution in [1.82, 2.24) is 9.78 Å². The molecule has 5 nitrogen and oxygen atoms in total. The van der Waals surface area contributed by atoms with Crippen molar-refractivity contribution < 1.29 is 9.15 Å². The van der Waals surface area contributed by atoms with Gasteiger partial charge in [0.1, 0.15) is 17.0 Å². The number of nitrogens with zero attached hydrogens (tertiary/aromatic N) is 2. The summed E-state index contributed by atoms with van der Waals surface area (Å²) >= 11 is 0. The van der Waals surface area contributed by atoms with Gasteiger partial charge in [-0.15, -0.1) is 0 Å². The van der Waals surface area contributed by atoms with E-state index in [0.717, 1.165) is 28.0 Å². The zero-order valence-corrected chi connectivity index (χ0v) is 12.4. The Balaban J connectivity index is 2.37. The fraction of sp³-hybridized carbons (Fsp3) is 0.250. The maximum Gasteiger partial charge on any atom is 0.336 e. The van der Waals surface area contributed by atoms with Crippen molar-refractivity contribution in [3.63, 3.8) is 0 Å². The summed E-state index contributed by atoms with van der Waals surface area (Å²) in [6.07, 6.45) is 0. The second kappa shape index (κ2) is 4.77. The van der Waals surface area contributed by atoms with Gasteiger partial charge in [0.15, 0.2) is 0 Å². The van der Waals surface area contributed by atoms with Crippen molar-refractivity contribution in [3.05, 3.63) is 51.6 Å². The molecule has 0 radical (unpaired) electrons. The molecule has 0 spiro atoms. The molecule has 108 valence electrons. The fourth-order valence-electron chi connectivity index (χ4n) is 2.54. The molecule has 0 atom stereocenters. The normalized spacial score (nSPS) is 11.0. The summed E-state index contributed by atoms with van der Waals surface area (Å²) in [7, 11) is 1.59. The summed E-state index contributed by atoms with van der Waals surface area (Å²) < 4.78 is 12.5. The van der Waals surface area contributed by atoms with Crippen LogP contribution in [0, 0.1) is 20.8 Å². The maximum atomic E-state index is 11.5. The minimum atomic E-state index is -0.360. The van der Waals surface area contributed by atoms with Gasteiger partial charge < -0.3 is 9.15 Å². The number of rotatable bonds is 2. The van der Waals surface area contributed by atoms with Gasteiger partial charge in [-0.2, -0.15) is 5.10 Å². The van der Waals surface area contributed by atoms with Gasteiger partial charge in [-0.1, -0.05) is 0 Å². The summed E-state index contributed by atoms with van der Waals surface area (Å²) in [6, 6.07) is 7.16. The number of hydrogen-bond donors (Lipinski definition) is 0. The number of ether oxygens (including phenoxy) is 1. The minimum absolute atomic E-state index is 0.360. The summed E-state index contributed by atoms with van der Waals surface area (Å²) in [4.78, 5) is 11.5. The van der Waals surface area contributed by atoms with E-state index >= 15 is 0 Å². The predicted octanol–water partition coefficient (Wildman–Crippen LogP) is 2.91. The zero-order chi connectivity index (χ0) is 15.1. The average molecular weight is 284 g/mol.